The van der Waals surface area contributed by atoms with Crippen LogP contribution in [0.5, 0.6) is 69.0 Å². The molecule has 6 aliphatic rings. The number of rotatable bonds is 18. The number of aromatic hydroxyl groups is 6. The van der Waals surface area contributed by atoms with E-state index in [1.54, 1.807) is 0 Å². The highest BCUT2D eigenvalue weighted by atomic mass is 35.5. The van der Waals surface area contributed by atoms with Crippen LogP contribution in [-0.2, 0) is 62.6 Å². The number of hydrogen-bond donors (Lipinski definition) is 17. The predicted molar refractivity (Wildman–Crippen MR) is 407 cm³/mol. The second-order valence-electron chi connectivity index (χ2n) is 27.9. The van der Waals surface area contributed by atoms with Crippen molar-refractivity contribution in [2.75, 3.05) is 33.7 Å². The maximum Gasteiger partial charge on any atom is 0.248 e. The fourth-order valence-corrected chi connectivity index (χ4v) is 13.9. The third-order valence-corrected chi connectivity index (χ3v) is 20.0. The van der Waals surface area contributed by atoms with Crippen LogP contribution in [0.15, 0.2) is 140 Å². The van der Waals surface area contributed by atoms with E-state index < -0.39 is 147 Å². The molecule has 0 spiro atoms. The van der Waals surface area contributed by atoms with Gasteiger partial charge in [-0.3, -0.25) is 43.2 Å². The van der Waals surface area contributed by atoms with E-state index in [0.717, 1.165) is 86.0 Å². The molecule has 1 unspecified atom stereocenters. The molecule has 0 aromatic heterocycles. The van der Waals surface area contributed by atoms with Crippen molar-refractivity contribution in [2.45, 2.75) is 119 Å². The summed E-state index contributed by atoms with van der Waals surface area (Å²) in [4.78, 5) is 129. The Labute approximate surface area is 651 Å². The first-order valence-electron chi connectivity index (χ1n) is 36.1. The van der Waals surface area contributed by atoms with Gasteiger partial charge in [0.25, 0.3) is 0 Å². The first kappa shape index (κ1) is 79.6. The Bertz CT molecular complexity index is 4950. The molecule has 32 heteroatoms. The van der Waals surface area contributed by atoms with E-state index in [0.29, 0.717) is 24.9 Å². The number of aliphatic hydroxyl groups is 1. The second-order valence-corrected chi connectivity index (χ2v) is 28.7. The molecular weight excluding hydrogens is 1490 g/mol. The van der Waals surface area contributed by atoms with Crippen LogP contribution in [0, 0.1) is 0 Å². The van der Waals surface area contributed by atoms with Crippen LogP contribution in [0.1, 0.15) is 132 Å². The number of unbranched alkanes of at least 4 members (excludes halogenated alkanes) is 2. The number of nitrogens with two attached hydrogens (primary N) is 1. The van der Waals surface area contributed by atoms with E-state index in [1.807, 2.05) is 43.3 Å². The molecule has 14 rings (SSSR count). The summed E-state index contributed by atoms with van der Waals surface area (Å²) in [5.41, 5.74) is 9.80. The summed E-state index contributed by atoms with van der Waals surface area (Å²) >= 11 is 13.9. The molecule has 0 fully saturated rings. The number of ether oxygens (including phenoxy) is 3. The van der Waals surface area contributed by atoms with Crippen molar-refractivity contribution in [3.05, 3.63) is 200 Å². The van der Waals surface area contributed by atoms with Crippen molar-refractivity contribution in [1.82, 2.24) is 52.9 Å². The lowest BCUT2D eigenvalue weighted by Crippen LogP contribution is -2.56. The third-order valence-electron chi connectivity index (χ3n) is 19.4. The van der Waals surface area contributed by atoms with Crippen molar-refractivity contribution >= 4 is 70.5 Å². The summed E-state index contributed by atoms with van der Waals surface area (Å²) in [7, 11) is 3.84. The zero-order valence-corrected chi connectivity index (χ0v) is 62.3. The molecule has 6 aliphatic heterocycles. The van der Waals surface area contributed by atoms with E-state index in [9.17, 15) is 45.3 Å². The Hall–Kier alpha value is -11.9. The Balaban J connectivity index is 0.925. The number of carbonyl (C=O) groups is 8. The number of benzene rings is 8. The van der Waals surface area contributed by atoms with Crippen LogP contribution in [0.3, 0.4) is 0 Å². The summed E-state index contributed by atoms with van der Waals surface area (Å²) < 4.78 is 18.7. The van der Waals surface area contributed by atoms with Gasteiger partial charge in [0.05, 0.1) is 16.7 Å². The fourth-order valence-electron chi connectivity index (χ4n) is 13.4. The van der Waals surface area contributed by atoms with E-state index in [2.05, 4.69) is 54.9 Å². The average Bonchev–Trinajstić information content (AvgIpc) is 0.768. The van der Waals surface area contributed by atoms with Crippen molar-refractivity contribution < 1.29 is 93.2 Å². The Morgan fingerprint density at radius 1 is 0.562 bits per heavy atom. The highest BCUT2D eigenvalue weighted by Gasteiger charge is 2.42. The number of amides is 8. The molecule has 6 heterocycles. The topological polar surface area (TPSA) is 453 Å². The lowest BCUT2D eigenvalue weighted by Gasteiger charge is -2.31. The normalized spacial score (nSPS) is 19.8. The SMILES string of the molecule is CCCCc1ccc(CONC(CCCCNC(=O)[C@H]2NC(=O)[C@H]3NC(=O)[C@H](NC(=O)[C@@H]4NC(=O)[C@H]5NC(=O)[C@@H](Cc6ccc(c(Cl)c6)Oc6cc4cc(c6O)Oc4ccc(cc4Cl)[C@H]3O)NC(=O)[C@@H](N)c3ccc(O)c(c3)Oc3cc(O)cc5c3)c3ccc(O)c(c3)-c3c(O)cc(O)cc32)C(=O)NCCCN(C)C)cc1. The van der Waals surface area contributed by atoms with Gasteiger partial charge in [-0.15, -0.1) is 0 Å². The first-order chi connectivity index (χ1) is 53.7. The number of aliphatic hydroxyl groups excluding tert-OH is 1. The summed E-state index contributed by atoms with van der Waals surface area (Å²) in [6.07, 6.45) is 2.00. The number of nitrogens with zero attached hydrogens (tertiary/aromatic N) is 1. The largest absolute Gasteiger partial charge is 0.508 e. The molecule has 586 valence electrons. The highest BCUT2D eigenvalue weighted by molar-refractivity contribution is 6.32. The molecule has 18 N–H and O–H groups in total. The minimum Gasteiger partial charge on any atom is -0.508 e. The molecule has 0 saturated heterocycles. The molecule has 0 aliphatic carbocycles. The van der Waals surface area contributed by atoms with Gasteiger partial charge in [0.2, 0.25) is 53.0 Å². The molecule has 8 aromatic rings. The lowest BCUT2D eigenvalue weighted by atomic mass is 9.89. The van der Waals surface area contributed by atoms with Crippen molar-refractivity contribution in [3.63, 3.8) is 0 Å². The Morgan fingerprint density at radius 2 is 1.18 bits per heavy atom. The molecular formula is C80H83Cl2N11O19. The number of phenols is 6. The zero-order chi connectivity index (χ0) is 79.8. The molecule has 8 aromatic carbocycles. The van der Waals surface area contributed by atoms with E-state index in [-0.39, 0.29) is 110 Å². The van der Waals surface area contributed by atoms with Gasteiger partial charge in [-0.05, 0) is 188 Å². The van der Waals surface area contributed by atoms with Crippen LogP contribution >= 0.6 is 23.2 Å². The summed E-state index contributed by atoms with van der Waals surface area (Å²) in [6.45, 7) is 3.28. The van der Waals surface area contributed by atoms with Gasteiger partial charge >= 0.3 is 0 Å². The van der Waals surface area contributed by atoms with Gasteiger partial charge in [-0.25, -0.2) is 0 Å². The smallest absolute Gasteiger partial charge is 0.248 e. The summed E-state index contributed by atoms with van der Waals surface area (Å²) in [6, 6.07) is 16.1. The maximum absolute atomic E-state index is 16.1. The van der Waals surface area contributed by atoms with Gasteiger partial charge in [-0.2, -0.15) is 5.48 Å². The lowest BCUT2D eigenvalue weighted by molar-refractivity contribution is -0.137. The number of hydroxylamine groups is 1. The number of halogens is 2. The molecule has 112 heavy (non-hydrogen) atoms. The zero-order valence-electron chi connectivity index (χ0n) is 60.8. The minimum absolute atomic E-state index is 0.108. The number of fused-ring (bicyclic) bond motifs is 14. The number of carbonyl (C=O) groups excluding carboxylic acids is 8. The van der Waals surface area contributed by atoms with Crippen LogP contribution < -0.4 is 68.0 Å². The number of phenolic OH excluding ortho intramolecular Hbond substituents is 6. The van der Waals surface area contributed by atoms with Crippen LogP contribution in [-0.4, -0.2) is 140 Å². The monoisotopic (exact) mass is 1570 g/mol. The van der Waals surface area contributed by atoms with Gasteiger partial charge in [0.1, 0.15) is 94.7 Å². The van der Waals surface area contributed by atoms with Gasteiger partial charge in [-0.1, -0.05) is 85.1 Å². The van der Waals surface area contributed by atoms with E-state index in [4.69, 9.17) is 48.0 Å². The maximum atomic E-state index is 16.1. The number of nitrogens with one attached hydrogen (secondary N) is 9. The Morgan fingerprint density at radius 3 is 1.88 bits per heavy atom. The van der Waals surface area contributed by atoms with Crippen molar-refractivity contribution in [1.29, 1.82) is 0 Å². The minimum atomic E-state index is -2.19. The number of aryl methyl sites for hydroxylation is 1. The van der Waals surface area contributed by atoms with Crippen molar-refractivity contribution in [3.8, 4) is 80.1 Å². The molecule has 9 atom stereocenters. The molecule has 0 saturated carbocycles. The summed E-state index contributed by atoms with van der Waals surface area (Å²) in [5, 5.41) is 103. The molecule has 0 radical (unpaired) electrons. The van der Waals surface area contributed by atoms with E-state index >= 15 is 28.8 Å². The molecule has 30 nitrogen and oxygen atoms in total. The molecule has 8 amide bonds. The van der Waals surface area contributed by atoms with E-state index in [1.165, 1.54) is 66.2 Å². The quantitative estimate of drug-likeness (QED) is 0.0289. The average molecular weight is 1570 g/mol. The molecule has 17 bridgehead atoms. The second kappa shape index (κ2) is 35.0. The summed E-state index contributed by atoms with van der Waals surface area (Å²) in [5.74, 6) is -14.2. The fraction of sp³-hybridized carbons (Fsp3) is 0.300. The van der Waals surface area contributed by atoms with Crippen LogP contribution in [0.2, 0.25) is 10.0 Å². The van der Waals surface area contributed by atoms with Crippen LogP contribution in [0.4, 0.5) is 0 Å². The first-order valence-corrected chi connectivity index (χ1v) is 36.9. The van der Waals surface area contributed by atoms with Crippen LogP contribution in [0.25, 0.3) is 11.1 Å². The Kier molecular flexibility index (Phi) is 24.9. The van der Waals surface area contributed by atoms with Crippen molar-refractivity contribution in [2.24, 2.45) is 5.73 Å². The predicted octanol–water partition coefficient (Wildman–Crippen LogP) is 7.69. The highest BCUT2D eigenvalue weighted by Crippen LogP contribution is 2.48. The third kappa shape index (κ3) is 18.6. The van der Waals surface area contributed by atoms with Gasteiger partial charge in [0.15, 0.2) is 23.0 Å². The van der Waals surface area contributed by atoms with Gasteiger partial charge < -0.3 is 103 Å². The number of hydrogen-bond acceptors (Lipinski definition) is 22. The van der Waals surface area contributed by atoms with Gasteiger partial charge in [0, 0.05) is 42.8 Å². The standard InChI is InChI=1S/C80H83Cl2N11O19/c1-4-5-9-39-11-13-40(14-12-39)38-109-92-54(73(101)84-24-8-25-93(2)3)10-6-7-23-85-76(104)69-51-36-48(95)37-58(98)64(51)50-30-43(17-19-56(50)96)66-77(105)91-70(80(108)90-69)71(99)44-18-22-60(53(82)31-44)112-63-34-46-33-62(72(63)100)111-59-21-15-41(26-52(59)81)27-55-74(102)87-67(78(106)89-68(46)79(107)88-66)45-28-47(94)35-49(29-45)110-61-32-42(16-20-57(61)97)65(83)75(103)86-55/h11-22,26,28-37,54-55,65-71,92,94-100H,4-10,23-25,27,38,83H2,1-3H3,(H,84,101)(H,85,104)(H,86,103)(H,87,102)(H,88,107)(H,89,106)(H,90,108)(H,91,105)/t54?,55-,65+,66-,67+,68-,69+,70+,71-/m1/s1.